The summed E-state index contributed by atoms with van der Waals surface area (Å²) in [6.45, 7) is 5.42. The quantitative estimate of drug-likeness (QED) is 0.739. The van der Waals surface area contributed by atoms with Gasteiger partial charge in [0, 0.05) is 26.2 Å². The van der Waals surface area contributed by atoms with E-state index in [0.717, 1.165) is 37.4 Å². The molecule has 0 aliphatic carbocycles. The summed E-state index contributed by atoms with van der Waals surface area (Å²) < 4.78 is 33.2. The Bertz CT molecular complexity index is 1090. The van der Waals surface area contributed by atoms with Crippen LogP contribution in [-0.4, -0.2) is 50.7 Å². The first kappa shape index (κ1) is 17.8. The van der Waals surface area contributed by atoms with Crippen molar-refractivity contribution in [1.82, 2.24) is 14.3 Å². The molecule has 2 aromatic carbocycles. The van der Waals surface area contributed by atoms with E-state index in [1.807, 2.05) is 19.1 Å². The first-order valence-electron chi connectivity index (χ1n) is 8.84. The Kier molecular flexibility index (Phi) is 4.53. The van der Waals surface area contributed by atoms with Crippen molar-refractivity contribution in [3.8, 4) is 5.75 Å². The van der Waals surface area contributed by atoms with Gasteiger partial charge in [0.15, 0.2) is 0 Å². The van der Waals surface area contributed by atoms with Gasteiger partial charge in [0.05, 0.1) is 18.3 Å². The van der Waals surface area contributed by atoms with E-state index in [2.05, 4.69) is 15.2 Å². The minimum absolute atomic E-state index is 0.127. The molecule has 1 saturated heterocycles. The van der Waals surface area contributed by atoms with Crippen molar-refractivity contribution in [3.63, 3.8) is 0 Å². The fourth-order valence-corrected chi connectivity index (χ4v) is 4.87. The number of methoxy groups -OCH3 is 1. The molecule has 0 spiro atoms. The maximum Gasteiger partial charge on any atom is 0.273 e. The zero-order valence-corrected chi connectivity index (χ0v) is 16.2. The Labute approximate surface area is 158 Å². The SMILES string of the molecule is COc1cc(C)ccc1S(=O)(=O)n1cnc2c(N3CCNCC3)cccc21. The number of aryl methyl sites for hydroxylation is 1. The Morgan fingerprint density at radius 2 is 1.93 bits per heavy atom. The molecule has 1 N–H and O–H groups in total. The molecule has 0 atom stereocenters. The lowest BCUT2D eigenvalue weighted by atomic mass is 10.2. The average Bonchev–Trinajstić information content (AvgIpc) is 3.13. The van der Waals surface area contributed by atoms with Crippen molar-refractivity contribution in [2.75, 3.05) is 38.2 Å². The monoisotopic (exact) mass is 386 g/mol. The summed E-state index contributed by atoms with van der Waals surface area (Å²) in [6.07, 6.45) is 1.38. The third-order valence-corrected chi connectivity index (χ3v) is 6.54. The molecule has 142 valence electrons. The van der Waals surface area contributed by atoms with Gasteiger partial charge >= 0.3 is 0 Å². The second-order valence-electron chi connectivity index (χ2n) is 6.58. The van der Waals surface area contributed by atoms with E-state index in [9.17, 15) is 8.42 Å². The molecule has 1 aliphatic heterocycles. The molecule has 1 aromatic heterocycles. The number of nitrogens with one attached hydrogen (secondary N) is 1. The number of piperazine rings is 1. The second kappa shape index (κ2) is 6.86. The molecule has 7 nitrogen and oxygen atoms in total. The van der Waals surface area contributed by atoms with Gasteiger partial charge in [-0.05, 0) is 36.8 Å². The number of fused-ring (bicyclic) bond motifs is 1. The van der Waals surface area contributed by atoms with Crippen molar-refractivity contribution >= 4 is 26.7 Å². The van der Waals surface area contributed by atoms with Crippen LogP contribution in [0, 0.1) is 6.92 Å². The standard InChI is InChI=1S/C19H22N4O3S/c1-14-6-7-18(17(12-14)26-2)27(24,25)23-13-21-19-15(4-3-5-16(19)23)22-10-8-20-9-11-22/h3-7,12-13,20H,8-11H2,1-2H3. The number of aromatic nitrogens is 2. The van der Waals surface area contributed by atoms with Crippen LogP contribution < -0.4 is 15.0 Å². The lowest BCUT2D eigenvalue weighted by Crippen LogP contribution is -2.43. The lowest BCUT2D eigenvalue weighted by Gasteiger charge is -2.29. The summed E-state index contributed by atoms with van der Waals surface area (Å²) in [7, 11) is -2.36. The molecule has 1 aliphatic rings. The Morgan fingerprint density at radius 1 is 1.15 bits per heavy atom. The summed E-state index contributed by atoms with van der Waals surface area (Å²) in [4.78, 5) is 6.80. The Hall–Kier alpha value is -2.58. The minimum Gasteiger partial charge on any atom is -0.495 e. The number of anilines is 1. The first-order valence-corrected chi connectivity index (χ1v) is 10.3. The fourth-order valence-electron chi connectivity index (χ4n) is 3.45. The van der Waals surface area contributed by atoms with Gasteiger partial charge in [0.2, 0.25) is 0 Å². The highest BCUT2D eigenvalue weighted by molar-refractivity contribution is 7.90. The third kappa shape index (κ3) is 3.04. The largest absolute Gasteiger partial charge is 0.495 e. The molecule has 0 amide bonds. The van der Waals surface area contributed by atoms with Crippen molar-refractivity contribution in [3.05, 3.63) is 48.3 Å². The van der Waals surface area contributed by atoms with E-state index < -0.39 is 10.0 Å². The molecule has 3 aromatic rings. The highest BCUT2D eigenvalue weighted by atomic mass is 32.2. The molecule has 27 heavy (non-hydrogen) atoms. The molecule has 0 unspecified atom stereocenters. The number of benzene rings is 2. The van der Waals surface area contributed by atoms with Crippen LogP contribution >= 0.6 is 0 Å². The van der Waals surface area contributed by atoms with Crippen molar-refractivity contribution in [2.45, 2.75) is 11.8 Å². The van der Waals surface area contributed by atoms with E-state index in [4.69, 9.17) is 4.74 Å². The number of hydrogen-bond acceptors (Lipinski definition) is 6. The number of para-hydroxylation sites is 1. The molecule has 4 rings (SSSR count). The number of ether oxygens (including phenoxy) is 1. The lowest BCUT2D eigenvalue weighted by molar-refractivity contribution is 0.402. The van der Waals surface area contributed by atoms with Gasteiger partial charge in [0.1, 0.15) is 22.5 Å². The van der Waals surface area contributed by atoms with Gasteiger partial charge in [-0.1, -0.05) is 12.1 Å². The van der Waals surface area contributed by atoms with Gasteiger partial charge in [0.25, 0.3) is 10.0 Å². The van der Waals surface area contributed by atoms with Gasteiger partial charge in [-0.3, -0.25) is 0 Å². The maximum absolute atomic E-state index is 13.3. The van der Waals surface area contributed by atoms with Crippen LogP contribution in [0.5, 0.6) is 5.75 Å². The number of imidazole rings is 1. The number of hydrogen-bond donors (Lipinski definition) is 1. The van der Waals surface area contributed by atoms with E-state index >= 15 is 0 Å². The summed E-state index contributed by atoms with van der Waals surface area (Å²) >= 11 is 0. The molecular formula is C19H22N4O3S. The van der Waals surface area contributed by atoms with Crippen LogP contribution in [0.1, 0.15) is 5.56 Å². The van der Waals surface area contributed by atoms with E-state index in [0.29, 0.717) is 16.8 Å². The normalized spacial score (nSPS) is 15.3. The van der Waals surface area contributed by atoms with Crippen LogP contribution in [0.25, 0.3) is 11.0 Å². The zero-order valence-electron chi connectivity index (χ0n) is 15.3. The van der Waals surface area contributed by atoms with Crippen LogP contribution in [0.15, 0.2) is 47.6 Å². The second-order valence-corrected chi connectivity index (χ2v) is 8.37. The van der Waals surface area contributed by atoms with Crippen LogP contribution in [0.3, 0.4) is 0 Å². The van der Waals surface area contributed by atoms with Crippen LogP contribution in [0.4, 0.5) is 5.69 Å². The van der Waals surface area contributed by atoms with E-state index in [1.54, 1.807) is 24.3 Å². The molecule has 1 fully saturated rings. The van der Waals surface area contributed by atoms with E-state index in [-0.39, 0.29) is 4.90 Å². The third-order valence-electron chi connectivity index (χ3n) is 4.84. The molecule has 8 heteroatoms. The predicted molar refractivity (Wildman–Crippen MR) is 105 cm³/mol. The highest BCUT2D eigenvalue weighted by Crippen LogP contribution is 2.31. The van der Waals surface area contributed by atoms with Crippen LogP contribution in [0.2, 0.25) is 0 Å². The molecule has 2 heterocycles. The summed E-state index contributed by atoms with van der Waals surface area (Å²) in [5.41, 5.74) is 3.14. The van der Waals surface area contributed by atoms with Gasteiger partial charge in [-0.15, -0.1) is 0 Å². The first-order chi connectivity index (χ1) is 13.0. The zero-order chi connectivity index (χ0) is 19.0. The predicted octanol–water partition coefficient (Wildman–Crippen LogP) is 2.00. The number of nitrogens with zero attached hydrogens (tertiary/aromatic N) is 3. The average molecular weight is 386 g/mol. The highest BCUT2D eigenvalue weighted by Gasteiger charge is 2.25. The molecule has 0 bridgehead atoms. The van der Waals surface area contributed by atoms with Gasteiger partial charge < -0.3 is 15.0 Å². The van der Waals surface area contributed by atoms with E-state index in [1.165, 1.54) is 17.4 Å². The van der Waals surface area contributed by atoms with Crippen molar-refractivity contribution in [2.24, 2.45) is 0 Å². The van der Waals surface area contributed by atoms with Crippen LogP contribution in [-0.2, 0) is 10.0 Å². The summed E-state index contributed by atoms with van der Waals surface area (Å²) in [5.74, 6) is 0.329. The summed E-state index contributed by atoms with van der Waals surface area (Å²) in [6, 6.07) is 10.7. The topological polar surface area (TPSA) is 76.5 Å². The summed E-state index contributed by atoms with van der Waals surface area (Å²) in [5, 5.41) is 3.32. The number of rotatable bonds is 4. The van der Waals surface area contributed by atoms with Crippen molar-refractivity contribution < 1.29 is 13.2 Å². The smallest absolute Gasteiger partial charge is 0.273 e. The molecule has 0 radical (unpaired) electrons. The van der Waals surface area contributed by atoms with Gasteiger partial charge in [-0.2, -0.15) is 0 Å². The van der Waals surface area contributed by atoms with Gasteiger partial charge in [-0.25, -0.2) is 17.4 Å². The minimum atomic E-state index is -3.83. The molecular weight excluding hydrogens is 364 g/mol. The Morgan fingerprint density at radius 3 is 2.67 bits per heavy atom. The fraction of sp³-hybridized carbons (Fsp3) is 0.316. The Balaban J connectivity index is 1.85. The van der Waals surface area contributed by atoms with Crippen molar-refractivity contribution in [1.29, 1.82) is 0 Å². The maximum atomic E-state index is 13.3. The molecule has 0 saturated carbocycles.